The third-order valence-electron chi connectivity index (χ3n) is 4.48. The first kappa shape index (κ1) is 18.8. The van der Waals surface area contributed by atoms with E-state index in [0.29, 0.717) is 0 Å². The second kappa shape index (κ2) is 7.30. The van der Waals surface area contributed by atoms with Crippen molar-refractivity contribution in [1.29, 1.82) is 0 Å². The average Bonchev–Trinajstić information content (AvgIpc) is 3.22. The Bertz CT molecular complexity index is 777. The Kier molecular flexibility index (Phi) is 5.27. The number of aryl methyl sites for hydroxylation is 1. The monoisotopic (exact) mass is 386 g/mol. The molecule has 1 fully saturated rings. The number of rotatable bonds is 4. The molecule has 2 aromatic rings. The van der Waals surface area contributed by atoms with Crippen molar-refractivity contribution in [2.24, 2.45) is 7.05 Å². The summed E-state index contributed by atoms with van der Waals surface area (Å²) in [6.45, 7) is 3.77. The van der Waals surface area contributed by atoms with E-state index in [2.05, 4.69) is 15.2 Å². The predicted molar refractivity (Wildman–Crippen MR) is 94.5 cm³/mol. The minimum absolute atomic E-state index is 0.0232. The molecule has 3 rings (SSSR count). The van der Waals surface area contributed by atoms with Gasteiger partial charge in [-0.05, 0) is 32.3 Å². The van der Waals surface area contributed by atoms with Crippen molar-refractivity contribution in [1.82, 2.24) is 14.9 Å². The van der Waals surface area contributed by atoms with Crippen molar-refractivity contribution < 1.29 is 18.0 Å². The van der Waals surface area contributed by atoms with Crippen LogP contribution in [0.4, 0.5) is 18.3 Å². The van der Waals surface area contributed by atoms with Gasteiger partial charge in [0.15, 0.2) is 5.13 Å². The van der Waals surface area contributed by atoms with E-state index in [9.17, 15) is 18.0 Å². The van der Waals surface area contributed by atoms with Crippen LogP contribution in [0.3, 0.4) is 0 Å². The van der Waals surface area contributed by atoms with E-state index in [1.165, 1.54) is 29.4 Å². The fourth-order valence-electron chi connectivity index (χ4n) is 3.00. The third-order valence-corrected chi connectivity index (χ3v) is 5.72. The van der Waals surface area contributed by atoms with Crippen molar-refractivity contribution in [3.05, 3.63) is 34.6 Å². The van der Waals surface area contributed by atoms with E-state index in [-0.39, 0.29) is 11.7 Å². The van der Waals surface area contributed by atoms with Crippen LogP contribution in [0.2, 0.25) is 0 Å². The molecule has 0 bridgehead atoms. The van der Waals surface area contributed by atoms with Gasteiger partial charge in [-0.25, -0.2) is 4.98 Å². The van der Waals surface area contributed by atoms with Gasteiger partial charge in [-0.1, -0.05) is 11.3 Å². The standard InChI is InChI=1S/C17H21F3N4OS/c1-11(14-9-21-16(26-14)24-6-4-3-5-7-24)22-15(25)13-8-12(10-23(13)2)17(18,19)20/h8-11H,3-7H2,1-2H3,(H,22,25)/t11-/m0/s1. The molecule has 2 aromatic heterocycles. The van der Waals surface area contributed by atoms with E-state index in [0.717, 1.165) is 48.2 Å². The Morgan fingerprint density at radius 1 is 1.31 bits per heavy atom. The number of amides is 1. The van der Waals surface area contributed by atoms with Crippen LogP contribution in [0.25, 0.3) is 0 Å². The lowest BCUT2D eigenvalue weighted by Crippen LogP contribution is -2.29. The number of alkyl halides is 3. The summed E-state index contributed by atoms with van der Waals surface area (Å²) >= 11 is 1.51. The van der Waals surface area contributed by atoms with Gasteiger partial charge in [0.1, 0.15) is 5.69 Å². The molecule has 0 aromatic carbocycles. The van der Waals surface area contributed by atoms with Crippen molar-refractivity contribution in [3.63, 3.8) is 0 Å². The number of aromatic nitrogens is 2. The number of anilines is 1. The molecule has 0 unspecified atom stereocenters. The smallest absolute Gasteiger partial charge is 0.348 e. The highest BCUT2D eigenvalue weighted by molar-refractivity contribution is 7.15. The summed E-state index contributed by atoms with van der Waals surface area (Å²) in [5.74, 6) is -0.538. The van der Waals surface area contributed by atoms with Crippen LogP contribution in [0.1, 0.15) is 53.2 Å². The number of carbonyl (C=O) groups excluding carboxylic acids is 1. The Morgan fingerprint density at radius 3 is 2.62 bits per heavy atom. The van der Waals surface area contributed by atoms with Gasteiger partial charge in [0.2, 0.25) is 0 Å². The highest BCUT2D eigenvalue weighted by atomic mass is 32.1. The zero-order valence-electron chi connectivity index (χ0n) is 14.6. The number of halogens is 3. The maximum absolute atomic E-state index is 12.8. The van der Waals surface area contributed by atoms with E-state index >= 15 is 0 Å². The fraction of sp³-hybridized carbons (Fsp3) is 0.529. The Morgan fingerprint density at radius 2 is 2.00 bits per heavy atom. The molecular weight excluding hydrogens is 365 g/mol. The minimum Gasteiger partial charge on any atom is -0.348 e. The molecule has 5 nitrogen and oxygen atoms in total. The Balaban J connectivity index is 1.68. The summed E-state index contributed by atoms with van der Waals surface area (Å²) in [7, 11) is 1.43. The minimum atomic E-state index is -4.47. The molecule has 1 amide bonds. The van der Waals surface area contributed by atoms with Gasteiger partial charge in [-0.3, -0.25) is 4.79 Å². The molecule has 1 atom stereocenters. The number of piperidine rings is 1. The van der Waals surface area contributed by atoms with Gasteiger partial charge in [-0.15, -0.1) is 0 Å². The van der Waals surface area contributed by atoms with Crippen molar-refractivity contribution in [3.8, 4) is 0 Å². The summed E-state index contributed by atoms with van der Waals surface area (Å²) in [6.07, 6.45) is 1.71. The zero-order chi connectivity index (χ0) is 18.9. The number of hydrogen-bond acceptors (Lipinski definition) is 4. The molecule has 1 saturated heterocycles. The molecular formula is C17H21F3N4OS. The molecule has 9 heteroatoms. The van der Waals surface area contributed by atoms with Crippen LogP contribution in [0.5, 0.6) is 0 Å². The van der Waals surface area contributed by atoms with Crippen LogP contribution in [0, 0.1) is 0 Å². The fourth-order valence-corrected chi connectivity index (χ4v) is 3.96. The second-order valence-electron chi connectivity index (χ2n) is 6.51. The number of carbonyl (C=O) groups is 1. The lowest BCUT2D eigenvalue weighted by atomic mass is 10.1. The van der Waals surface area contributed by atoms with Crippen LogP contribution in [-0.4, -0.2) is 28.5 Å². The molecule has 1 N–H and O–H groups in total. The Hall–Kier alpha value is -2.03. The number of nitrogens with one attached hydrogen (secondary N) is 1. The number of hydrogen-bond donors (Lipinski definition) is 1. The highest BCUT2D eigenvalue weighted by Crippen LogP contribution is 2.31. The first-order valence-corrected chi connectivity index (χ1v) is 9.32. The van der Waals surface area contributed by atoms with Crippen molar-refractivity contribution in [2.75, 3.05) is 18.0 Å². The SMILES string of the molecule is C[C@H](NC(=O)c1cc(C(F)(F)F)cn1C)c1cnc(N2CCCCC2)s1. The molecule has 0 aliphatic carbocycles. The quantitative estimate of drug-likeness (QED) is 0.865. The van der Waals surface area contributed by atoms with Gasteiger partial charge >= 0.3 is 6.18 Å². The molecule has 0 radical (unpaired) electrons. The molecule has 3 heterocycles. The average molecular weight is 386 g/mol. The molecule has 0 spiro atoms. The normalized spacial score (nSPS) is 16.6. The summed E-state index contributed by atoms with van der Waals surface area (Å²) in [4.78, 5) is 19.9. The summed E-state index contributed by atoms with van der Waals surface area (Å²) < 4.78 is 39.6. The van der Waals surface area contributed by atoms with Crippen LogP contribution in [0.15, 0.2) is 18.5 Å². The molecule has 1 aliphatic rings. The second-order valence-corrected chi connectivity index (χ2v) is 7.55. The maximum atomic E-state index is 12.8. The summed E-state index contributed by atoms with van der Waals surface area (Å²) in [5, 5.41) is 3.69. The predicted octanol–water partition coefficient (Wildman–Crippen LogP) is 3.98. The largest absolute Gasteiger partial charge is 0.417 e. The van der Waals surface area contributed by atoms with E-state index in [4.69, 9.17) is 0 Å². The molecule has 142 valence electrons. The van der Waals surface area contributed by atoms with E-state index in [1.54, 1.807) is 13.1 Å². The first-order valence-electron chi connectivity index (χ1n) is 8.51. The van der Waals surface area contributed by atoms with Crippen LogP contribution in [-0.2, 0) is 13.2 Å². The van der Waals surface area contributed by atoms with Crippen molar-refractivity contribution >= 4 is 22.4 Å². The number of nitrogens with zero attached hydrogens (tertiary/aromatic N) is 3. The highest BCUT2D eigenvalue weighted by Gasteiger charge is 2.33. The van der Waals surface area contributed by atoms with Crippen LogP contribution < -0.4 is 10.2 Å². The number of thiazole rings is 1. The van der Waals surface area contributed by atoms with E-state index in [1.807, 2.05) is 0 Å². The summed E-state index contributed by atoms with van der Waals surface area (Å²) in [6, 6.07) is 0.538. The van der Waals surface area contributed by atoms with Gasteiger partial charge in [0.25, 0.3) is 5.91 Å². The Labute approximate surface area is 153 Å². The molecule has 1 aliphatic heterocycles. The molecule has 0 saturated carbocycles. The van der Waals surface area contributed by atoms with Gasteiger partial charge in [0.05, 0.1) is 11.6 Å². The third kappa shape index (κ3) is 4.03. The first-order chi connectivity index (χ1) is 12.3. The van der Waals surface area contributed by atoms with Gasteiger partial charge < -0.3 is 14.8 Å². The van der Waals surface area contributed by atoms with Gasteiger partial charge in [-0.2, -0.15) is 13.2 Å². The topological polar surface area (TPSA) is 50.2 Å². The lowest BCUT2D eigenvalue weighted by Gasteiger charge is -2.25. The maximum Gasteiger partial charge on any atom is 0.417 e. The van der Waals surface area contributed by atoms with Gasteiger partial charge in [0, 0.05) is 37.4 Å². The van der Waals surface area contributed by atoms with E-state index < -0.39 is 17.6 Å². The zero-order valence-corrected chi connectivity index (χ0v) is 15.5. The summed E-state index contributed by atoms with van der Waals surface area (Å²) in [5.41, 5.74) is -0.854. The van der Waals surface area contributed by atoms with Crippen molar-refractivity contribution in [2.45, 2.75) is 38.4 Å². The van der Waals surface area contributed by atoms with Crippen LogP contribution >= 0.6 is 11.3 Å². The lowest BCUT2D eigenvalue weighted by molar-refractivity contribution is -0.137. The molecule has 26 heavy (non-hydrogen) atoms.